The maximum atomic E-state index is 14.2. The van der Waals surface area contributed by atoms with Gasteiger partial charge in [-0.15, -0.1) is 5.10 Å². The molecule has 0 spiro atoms. The van der Waals surface area contributed by atoms with Gasteiger partial charge in [-0.3, -0.25) is 0 Å². The lowest BCUT2D eigenvalue weighted by atomic mass is 10.0. The van der Waals surface area contributed by atoms with E-state index in [0.29, 0.717) is 11.3 Å². The van der Waals surface area contributed by atoms with Gasteiger partial charge in [-0.05, 0) is 30.6 Å². The third-order valence-electron chi connectivity index (χ3n) is 2.78. The highest BCUT2D eigenvalue weighted by Gasteiger charge is 2.19. The van der Waals surface area contributed by atoms with Gasteiger partial charge in [-0.2, -0.15) is 0 Å². The zero-order valence-corrected chi connectivity index (χ0v) is 11.7. The van der Waals surface area contributed by atoms with E-state index < -0.39 is 0 Å². The van der Waals surface area contributed by atoms with Crippen LogP contribution in [0.5, 0.6) is 5.75 Å². The molecule has 0 aliphatic rings. The maximum Gasteiger partial charge on any atom is 0.132 e. The van der Waals surface area contributed by atoms with Crippen LogP contribution >= 0.6 is 11.5 Å². The molecule has 2 aromatic rings. The molecule has 0 saturated heterocycles. The molecule has 0 radical (unpaired) electrons. The fourth-order valence-corrected chi connectivity index (χ4v) is 2.42. The van der Waals surface area contributed by atoms with E-state index in [2.05, 4.69) is 21.8 Å². The Balaban J connectivity index is 2.32. The van der Waals surface area contributed by atoms with Crippen LogP contribution in [-0.2, 0) is 0 Å². The Morgan fingerprint density at radius 3 is 2.89 bits per heavy atom. The molecule has 0 fully saturated rings. The fourth-order valence-electron chi connectivity index (χ4n) is 1.82. The lowest BCUT2D eigenvalue weighted by Gasteiger charge is -2.17. The van der Waals surface area contributed by atoms with Gasteiger partial charge in [0.25, 0.3) is 0 Å². The minimum absolute atomic E-state index is 0.217. The summed E-state index contributed by atoms with van der Waals surface area (Å²) < 4.78 is 23.0. The summed E-state index contributed by atoms with van der Waals surface area (Å²) in [6.45, 7) is 2.87. The summed E-state index contributed by atoms with van der Waals surface area (Å²) in [5.41, 5.74) is 0.584. The van der Waals surface area contributed by atoms with E-state index in [1.54, 1.807) is 18.3 Å². The van der Waals surface area contributed by atoms with Crippen molar-refractivity contribution in [3.05, 3.63) is 40.7 Å². The highest BCUT2D eigenvalue weighted by atomic mass is 32.1. The molecule has 4 nitrogen and oxygen atoms in total. The number of methoxy groups -OCH3 is 1. The Hall–Kier alpha value is -1.53. The van der Waals surface area contributed by atoms with E-state index >= 15 is 0 Å². The third-order valence-corrected chi connectivity index (χ3v) is 3.51. The van der Waals surface area contributed by atoms with E-state index in [1.165, 1.54) is 24.7 Å². The second-order valence-corrected chi connectivity index (χ2v) is 4.91. The first-order valence-corrected chi connectivity index (χ1v) is 6.87. The Kier molecular flexibility index (Phi) is 4.81. The molecule has 0 bridgehead atoms. The molecule has 0 saturated carbocycles. The predicted molar refractivity (Wildman–Crippen MR) is 73.0 cm³/mol. The van der Waals surface area contributed by atoms with Gasteiger partial charge in [0.05, 0.1) is 24.2 Å². The summed E-state index contributed by atoms with van der Waals surface area (Å²) in [6.07, 6.45) is 2.64. The zero-order chi connectivity index (χ0) is 13.7. The molecule has 2 rings (SSSR count). The van der Waals surface area contributed by atoms with Gasteiger partial charge >= 0.3 is 0 Å². The highest BCUT2D eigenvalue weighted by molar-refractivity contribution is 7.05. The predicted octanol–water partition coefficient (Wildman–Crippen LogP) is 2.77. The van der Waals surface area contributed by atoms with Crippen molar-refractivity contribution in [3.8, 4) is 5.75 Å². The SMILES string of the molecule is CCCNC(c1cnns1)c1ccc(OC)cc1F. The quantitative estimate of drug-likeness (QED) is 0.884. The van der Waals surface area contributed by atoms with Gasteiger partial charge in [0.2, 0.25) is 0 Å². The largest absolute Gasteiger partial charge is 0.497 e. The molecule has 102 valence electrons. The molecule has 1 aromatic heterocycles. The van der Waals surface area contributed by atoms with Crippen molar-refractivity contribution in [2.75, 3.05) is 13.7 Å². The first-order chi connectivity index (χ1) is 9.26. The van der Waals surface area contributed by atoms with E-state index in [1.807, 2.05) is 0 Å². The van der Waals surface area contributed by atoms with Gasteiger partial charge in [-0.1, -0.05) is 17.5 Å². The molecule has 19 heavy (non-hydrogen) atoms. The summed E-state index contributed by atoms with van der Waals surface area (Å²) in [4.78, 5) is 0.900. The van der Waals surface area contributed by atoms with E-state index in [0.717, 1.165) is 17.8 Å². The summed E-state index contributed by atoms with van der Waals surface area (Å²) in [6, 6.07) is 4.67. The second kappa shape index (κ2) is 6.58. The molecule has 0 amide bonds. The van der Waals surface area contributed by atoms with Crippen LogP contribution in [0.1, 0.15) is 29.8 Å². The molecule has 6 heteroatoms. The monoisotopic (exact) mass is 281 g/mol. The van der Waals surface area contributed by atoms with E-state index in [9.17, 15) is 4.39 Å². The standard InChI is InChI=1S/C13H16FN3OS/c1-3-6-15-13(12-8-16-17-19-12)10-5-4-9(18-2)7-11(10)14/h4-5,7-8,13,15H,3,6H2,1-2H3. The van der Waals surface area contributed by atoms with Crippen LogP contribution in [-0.4, -0.2) is 23.2 Å². The molecular formula is C13H16FN3OS. The normalized spacial score (nSPS) is 12.4. The number of hydrogen-bond donors (Lipinski definition) is 1. The number of benzene rings is 1. The maximum absolute atomic E-state index is 14.2. The summed E-state index contributed by atoms with van der Waals surface area (Å²) >= 11 is 1.27. The van der Waals surface area contributed by atoms with Crippen LogP contribution in [0.25, 0.3) is 0 Å². The van der Waals surface area contributed by atoms with Crippen LogP contribution < -0.4 is 10.1 Å². The van der Waals surface area contributed by atoms with Crippen LogP contribution in [0.3, 0.4) is 0 Å². The van der Waals surface area contributed by atoms with Gasteiger partial charge < -0.3 is 10.1 Å². The van der Waals surface area contributed by atoms with Crippen molar-refractivity contribution in [3.63, 3.8) is 0 Å². The van der Waals surface area contributed by atoms with Gasteiger partial charge in [0.1, 0.15) is 11.6 Å². The Morgan fingerprint density at radius 2 is 2.32 bits per heavy atom. The number of nitrogens with one attached hydrogen (secondary N) is 1. The van der Waals surface area contributed by atoms with Crippen LogP contribution in [0, 0.1) is 5.82 Å². The Labute approximate surface area is 115 Å². The Morgan fingerprint density at radius 1 is 1.47 bits per heavy atom. The minimum Gasteiger partial charge on any atom is -0.497 e. The average Bonchev–Trinajstić information content (AvgIpc) is 2.94. The second-order valence-electron chi connectivity index (χ2n) is 4.09. The molecular weight excluding hydrogens is 265 g/mol. The number of halogens is 1. The van der Waals surface area contributed by atoms with Crippen LogP contribution in [0.4, 0.5) is 4.39 Å². The van der Waals surface area contributed by atoms with Crippen LogP contribution in [0.15, 0.2) is 24.4 Å². The molecule has 1 N–H and O–H groups in total. The first-order valence-electron chi connectivity index (χ1n) is 6.10. The lowest BCUT2D eigenvalue weighted by Crippen LogP contribution is -2.23. The smallest absolute Gasteiger partial charge is 0.132 e. The highest BCUT2D eigenvalue weighted by Crippen LogP contribution is 2.28. The first kappa shape index (κ1) is 13.9. The molecule has 0 aliphatic carbocycles. The average molecular weight is 281 g/mol. The van der Waals surface area contributed by atoms with E-state index in [4.69, 9.17) is 4.74 Å². The number of ether oxygens (including phenoxy) is 1. The molecule has 1 aromatic carbocycles. The van der Waals surface area contributed by atoms with Crippen molar-refractivity contribution in [2.45, 2.75) is 19.4 Å². The van der Waals surface area contributed by atoms with Crippen LogP contribution in [0.2, 0.25) is 0 Å². The van der Waals surface area contributed by atoms with Gasteiger partial charge in [-0.25, -0.2) is 4.39 Å². The number of nitrogens with zero attached hydrogens (tertiary/aromatic N) is 2. The molecule has 1 atom stereocenters. The van der Waals surface area contributed by atoms with Crippen molar-refractivity contribution in [2.24, 2.45) is 0 Å². The van der Waals surface area contributed by atoms with Crippen molar-refractivity contribution in [1.29, 1.82) is 0 Å². The van der Waals surface area contributed by atoms with Gasteiger partial charge in [0.15, 0.2) is 0 Å². The summed E-state index contributed by atoms with van der Waals surface area (Å²) in [5.74, 6) is 0.222. The zero-order valence-electron chi connectivity index (χ0n) is 10.9. The lowest BCUT2D eigenvalue weighted by molar-refractivity contribution is 0.410. The topological polar surface area (TPSA) is 47.0 Å². The van der Waals surface area contributed by atoms with Crippen molar-refractivity contribution < 1.29 is 9.13 Å². The number of aromatic nitrogens is 2. The number of rotatable bonds is 6. The van der Waals surface area contributed by atoms with Gasteiger partial charge in [0, 0.05) is 11.6 Å². The van der Waals surface area contributed by atoms with E-state index in [-0.39, 0.29) is 11.9 Å². The Bertz CT molecular complexity index is 519. The fraction of sp³-hybridized carbons (Fsp3) is 0.385. The van der Waals surface area contributed by atoms with Crippen molar-refractivity contribution in [1.82, 2.24) is 14.9 Å². The molecule has 1 heterocycles. The summed E-state index contributed by atoms with van der Waals surface area (Å²) in [5, 5.41) is 7.14. The number of hydrogen-bond acceptors (Lipinski definition) is 5. The minimum atomic E-state index is -0.290. The third kappa shape index (κ3) is 3.27. The summed E-state index contributed by atoms with van der Waals surface area (Å²) in [7, 11) is 1.52. The molecule has 0 aliphatic heterocycles. The van der Waals surface area contributed by atoms with Crippen molar-refractivity contribution >= 4 is 11.5 Å². The molecule has 1 unspecified atom stereocenters.